The fourth-order valence-corrected chi connectivity index (χ4v) is 1.80. The molecule has 0 aliphatic rings. The summed E-state index contributed by atoms with van der Waals surface area (Å²) < 4.78 is 5.47. The van der Waals surface area contributed by atoms with Crippen LogP contribution in [0.15, 0.2) is 18.2 Å². The lowest BCUT2D eigenvalue weighted by atomic mass is 10.1. The molecule has 1 unspecified atom stereocenters. The Kier molecular flexibility index (Phi) is 5.53. The van der Waals surface area contributed by atoms with Crippen molar-refractivity contribution in [2.24, 2.45) is 0 Å². The Bertz CT molecular complexity index is 349. The van der Waals surface area contributed by atoms with E-state index in [0.717, 1.165) is 6.54 Å². The van der Waals surface area contributed by atoms with E-state index in [1.54, 1.807) is 25.1 Å². The van der Waals surface area contributed by atoms with Crippen LogP contribution in [0.5, 0.6) is 5.75 Å². The van der Waals surface area contributed by atoms with Crippen LogP contribution < -0.4 is 10.1 Å². The highest BCUT2D eigenvalue weighted by molar-refractivity contribution is 6.34. The van der Waals surface area contributed by atoms with Crippen molar-refractivity contribution in [1.82, 2.24) is 5.32 Å². The molecule has 0 saturated heterocycles. The molecule has 1 aromatic rings. The van der Waals surface area contributed by atoms with E-state index in [4.69, 9.17) is 27.9 Å². The molecule has 96 valence electrons. The first-order valence-electron chi connectivity index (χ1n) is 5.45. The smallest absolute Gasteiger partial charge is 0.122 e. The maximum Gasteiger partial charge on any atom is 0.122 e. The second kappa shape index (κ2) is 6.45. The normalized spacial score (nSPS) is 14.4. The fraction of sp³-hybridized carbons (Fsp3) is 0.500. The number of aliphatic hydroxyl groups is 1. The molecule has 1 aromatic carbocycles. The monoisotopic (exact) mass is 277 g/mol. The molecule has 0 fully saturated rings. The SMILES string of the molecule is CCNCC(C)(O)COc1cc(Cl)cc(Cl)c1. The number of hydrogen-bond acceptors (Lipinski definition) is 3. The van der Waals surface area contributed by atoms with Crippen molar-refractivity contribution in [3.05, 3.63) is 28.2 Å². The van der Waals surface area contributed by atoms with E-state index < -0.39 is 5.60 Å². The first-order valence-corrected chi connectivity index (χ1v) is 6.20. The van der Waals surface area contributed by atoms with Crippen molar-refractivity contribution < 1.29 is 9.84 Å². The van der Waals surface area contributed by atoms with Gasteiger partial charge in [-0.2, -0.15) is 0 Å². The molecule has 2 N–H and O–H groups in total. The Morgan fingerprint density at radius 3 is 2.41 bits per heavy atom. The van der Waals surface area contributed by atoms with Crippen LogP contribution in [-0.2, 0) is 0 Å². The standard InChI is InChI=1S/C12H17Cl2NO2/c1-3-15-7-12(2,16)8-17-11-5-9(13)4-10(14)6-11/h4-6,15-16H,3,7-8H2,1-2H3. The van der Waals surface area contributed by atoms with Gasteiger partial charge in [0.25, 0.3) is 0 Å². The van der Waals surface area contributed by atoms with Crippen molar-refractivity contribution in [1.29, 1.82) is 0 Å². The summed E-state index contributed by atoms with van der Waals surface area (Å²) in [6.07, 6.45) is 0. The minimum atomic E-state index is -0.926. The lowest BCUT2D eigenvalue weighted by molar-refractivity contribution is 0.0127. The van der Waals surface area contributed by atoms with Crippen molar-refractivity contribution >= 4 is 23.2 Å². The zero-order valence-corrected chi connectivity index (χ0v) is 11.5. The van der Waals surface area contributed by atoms with Gasteiger partial charge in [0.15, 0.2) is 0 Å². The highest BCUT2D eigenvalue weighted by atomic mass is 35.5. The molecule has 1 atom stereocenters. The number of benzene rings is 1. The van der Waals surface area contributed by atoms with Crippen LogP contribution in [0.25, 0.3) is 0 Å². The van der Waals surface area contributed by atoms with E-state index in [1.165, 1.54) is 0 Å². The molecule has 0 radical (unpaired) electrons. The van der Waals surface area contributed by atoms with Crippen LogP contribution in [0.1, 0.15) is 13.8 Å². The molecule has 0 bridgehead atoms. The van der Waals surface area contributed by atoms with Gasteiger partial charge in [0.05, 0.1) is 0 Å². The summed E-state index contributed by atoms with van der Waals surface area (Å²) >= 11 is 11.7. The molecule has 17 heavy (non-hydrogen) atoms. The number of ether oxygens (including phenoxy) is 1. The number of hydrogen-bond donors (Lipinski definition) is 2. The molecule has 0 saturated carbocycles. The molecule has 0 spiro atoms. The van der Waals surface area contributed by atoms with Gasteiger partial charge in [-0.3, -0.25) is 0 Å². The third-order valence-corrected chi connectivity index (χ3v) is 2.58. The van der Waals surface area contributed by atoms with Gasteiger partial charge in [0.2, 0.25) is 0 Å². The summed E-state index contributed by atoms with van der Waals surface area (Å²) in [6, 6.07) is 4.96. The van der Waals surface area contributed by atoms with Crippen LogP contribution in [-0.4, -0.2) is 30.4 Å². The highest BCUT2D eigenvalue weighted by Crippen LogP contribution is 2.24. The third-order valence-electron chi connectivity index (χ3n) is 2.14. The summed E-state index contributed by atoms with van der Waals surface area (Å²) in [5, 5.41) is 14.1. The summed E-state index contributed by atoms with van der Waals surface area (Å²) in [7, 11) is 0. The zero-order valence-electron chi connectivity index (χ0n) is 9.96. The van der Waals surface area contributed by atoms with E-state index >= 15 is 0 Å². The van der Waals surface area contributed by atoms with Crippen molar-refractivity contribution in [3.63, 3.8) is 0 Å². The number of rotatable bonds is 6. The maximum absolute atomic E-state index is 9.99. The predicted molar refractivity (Wildman–Crippen MR) is 71.1 cm³/mol. The van der Waals surface area contributed by atoms with Crippen LogP contribution in [0.3, 0.4) is 0 Å². The van der Waals surface area contributed by atoms with Gasteiger partial charge >= 0.3 is 0 Å². The molecule has 0 heterocycles. The van der Waals surface area contributed by atoms with Crippen molar-refractivity contribution in [3.8, 4) is 5.75 Å². The molecular formula is C12H17Cl2NO2. The van der Waals surface area contributed by atoms with Crippen LogP contribution in [0, 0.1) is 0 Å². The second-order valence-electron chi connectivity index (χ2n) is 4.17. The average Bonchev–Trinajstić information content (AvgIpc) is 2.23. The average molecular weight is 278 g/mol. The molecule has 0 amide bonds. The Labute approximate surface area is 112 Å². The summed E-state index contributed by atoms with van der Waals surface area (Å²) in [4.78, 5) is 0. The minimum Gasteiger partial charge on any atom is -0.490 e. The molecule has 5 heteroatoms. The number of likely N-dealkylation sites (N-methyl/N-ethyl adjacent to an activating group) is 1. The highest BCUT2D eigenvalue weighted by Gasteiger charge is 2.20. The Hall–Kier alpha value is -0.480. The molecule has 0 aromatic heterocycles. The molecule has 0 aliphatic carbocycles. The van der Waals surface area contributed by atoms with E-state index in [1.807, 2.05) is 6.92 Å². The first-order chi connectivity index (χ1) is 7.93. The predicted octanol–water partition coefficient (Wildman–Crippen LogP) is 2.73. The fourth-order valence-electron chi connectivity index (χ4n) is 1.30. The van der Waals surface area contributed by atoms with Gasteiger partial charge < -0.3 is 15.2 Å². The Balaban J connectivity index is 2.54. The molecule has 3 nitrogen and oxygen atoms in total. The number of nitrogens with one attached hydrogen (secondary N) is 1. The summed E-state index contributed by atoms with van der Waals surface area (Å²) in [5.74, 6) is 0.555. The lowest BCUT2D eigenvalue weighted by Gasteiger charge is -2.23. The van der Waals surface area contributed by atoms with E-state index in [9.17, 15) is 5.11 Å². The van der Waals surface area contributed by atoms with Gasteiger partial charge in [0, 0.05) is 16.6 Å². The lowest BCUT2D eigenvalue weighted by Crippen LogP contribution is -2.42. The quantitative estimate of drug-likeness (QED) is 0.840. The van der Waals surface area contributed by atoms with Gasteiger partial charge in [-0.1, -0.05) is 30.1 Å². The third kappa shape index (κ3) is 5.59. The van der Waals surface area contributed by atoms with Crippen LogP contribution >= 0.6 is 23.2 Å². The van der Waals surface area contributed by atoms with E-state index in [0.29, 0.717) is 22.3 Å². The maximum atomic E-state index is 9.99. The van der Waals surface area contributed by atoms with E-state index in [-0.39, 0.29) is 6.61 Å². The molecule has 1 rings (SSSR count). The van der Waals surface area contributed by atoms with Crippen molar-refractivity contribution in [2.45, 2.75) is 19.4 Å². The number of halogens is 2. The topological polar surface area (TPSA) is 41.5 Å². The molecular weight excluding hydrogens is 261 g/mol. The summed E-state index contributed by atoms with van der Waals surface area (Å²) in [5.41, 5.74) is -0.926. The largest absolute Gasteiger partial charge is 0.490 e. The molecule has 0 aliphatic heterocycles. The second-order valence-corrected chi connectivity index (χ2v) is 5.04. The minimum absolute atomic E-state index is 0.177. The Morgan fingerprint density at radius 2 is 1.88 bits per heavy atom. The van der Waals surface area contributed by atoms with Crippen molar-refractivity contribution in [2.75, 3.05) is 19.7 Å². The van der Waals surface area contributed by atoms with Gasteiger partial charge in [0.1, 0.15) is 18.0 Å². The first kappa shape index (κ1) is 14.6. The van der Waals surface area contributed by atoms with Gasteiger partial charge in [-0.25, -0.2) is 0 Å². The van der Waals surface area contributed by atoms with Crippen LogP contribution in [0.2, 0.25) is 10.0 Å². The van der Waals surface area contributed by atoms with Gasteiger partial charge in [-0.15, -0.1) is 0 Å². The zero-order chi connectivity index (χ0) is 12.9. The van der Waals surface area contributed by atoms with Gasteiger partial charge in [-0.05, 0) is 31.7 Å². The summed E-state index contributed by atoms with van der Waals surface area (Å²) in [6.45, 7) is 5.14. The van der Waals surface area contributed by atoms with E-state index in [2.05, 4.69) is 5.32 Å². The van der Waals surface area contributed by atoms with Crippen LogP contribution in [0.4, 0.5) is 0 Å². The Morgan fingerprint density at radius 1 is 1.29 bits per heavy atom.